The van der Waals surface area contributed by atoms with Crippen molar-refractivity contribution in [2.24, 2.45) is 0 Å². The summed E-state index contributed by atoms with van der Waals surface area (Å²) in [5.74, 6) is -2.35. The van der Waals surface area contributed by atoms with Crippen LogP contribution in [-0.4, -0.2) is 24.5 Å². The highest BCUT2D eigenvalue weighted by atomic mass is 19.2. The van der Waals surface area contributed by atoms with Gasteiger partial charge in [0.05, 0.1) is 6.04 Å². The lowest BCUT2D eigenvalue weighted by atomic mass is 9.92. The Bertz CT molecular complexity index is 779. The van der Waals surface area contributed by atoms with Crippen LogP contribution >= 0.6 is 0 Å². The zero-order valence-electron chi connectivity index (χ0n) is 14.4. The molecule has 3 nitrogen and oxygen atoms in total. The molecule has 1 amide bonds. The second-order valence-corrected chi connectivity index (χ2v) is 6.37. The molecule has 0 aliphatic carbocycles. The number of carbonyl (C=O) groups excluding carboxylic acids is 1. The van der Waals surface area contributed by atoms with Gasteiger partial charge in [0, 0.05) is 20.1 Å². The van der Waals surface area contributed by atoms with E-state index < -0.39 is 23.8 Å². The van der Waals surface area contributed by atoms with E-state index in [9.17, 15) is 18.0 Å². The van der Waals surface area contributed by atoms with Gasteiger partial charge in [0.25, 0.3) is 0 Å². The Balaban J connectivity index is 2.06. The van der Waals surface area contributed by atoms with E-state index in [1.165, 1.54) is 25.3 Å². The Labute approximate surface area is 150 Å². The van der Waals surface area contributed by atoms with Crippen LogP contribution < -0.4 is 0 Å². The number of halogens is 3. The zero-order valence-corrected chi connectivity index (χ0v) is 14.4. The van der Waals surface area contributed by atoms with Gasteiger partial charge in [-0.2, -0.15) is 0 Å². The van der Waals surface area contributed by atoms with Crippen LogP contribution in [-0.2, 0) is 9.53 Å². The van der Waals surface area contributed by atoms with E-state index in [1.807, 2.05) is 0 Å². The van der Waals surface area contributed by atoms with E-state index in [4.69, 9.17) is 4.74 Å². The van der Waals surface area contributed by atoms with Crippen molar-refractivity contribution in [1.82, 2.24) is 4.90 Å². The average Bonchev–Trinajstić information content (AvgIpc) is 2.64. The molecule has 26 heavy (non-hydrogen) atoms. The Hall–Kier alpha value is -2.34. The highest BCUT2D eigenvalue weighted by molar-refractivity contribution is 5.77. The van der Waals surface area contributed by atoms with Crippen LogP contribution in [0.1, 0.15) is 42.5 Å². The molecule has 0 radical (unpaired) electrons. The molecule has 3 rings (SSSR count). The van der Waals surface area contributed by atoms with Crippen molar-refractivity contribution in [1.29, 1.82) is 0 Å². The molecule has 2 atom stereocenters. The third-order valence-corrected chi connectivity index (χ3v) is 4.72. The van der Waals surface area contributed by atoms with Crippen LogP contribution in [0.4, 0.5) is 13.2 Å². The number of hydrogen-bond donors (Lipinski definition) is 0. The molecule has 0 aromatic heterocycles. The molecule has 138 valence electrons. The summed E-state index contributed by atoms with van der Waals surface area (Å²) in [5.41, 5.74) is 1.09. The van der Waals surface area contributed by atoms with Crippen LogP contribution in [0, 0.1) is 17.5 Å². The third-order valence-electron chi connectivity index (χ3n) is 4.72. The van der Waals surface area contributed by atoms with E-state index in [0.717, 1.165) is 25.0 Å². The van der Waals surface area contributed by atoms with Crippen LogP contribution in [0.5, 0.6) is 0 Å². The van der Waals surface area contributed by atoms with Crippen molar-refractivity contribution < 1.29 is 22.7 Å². The summed E-state index contributed by atoms with van der Waals surface area (Å²) in [6.45, 7) is 0.532. The van der Waals surface area contributed by atoms with Crippen molar-refractivity contribution in [3.05, 3.63) is 71.0 Å². The van der Waals surface area contributed by atoms with Gasteiger partial charge in [0.2, 0.25) is 5.91 Å². The minimum Gasteiger partial charge on any atom is -0.374 e. The van der Waals surface area contributed by atoms with E-state index in [2.05, 4.69) is 0 Å². The summed E-state index contributed by atoms with van der Waals surface area (Å²) in [4.78, 5) is 14.2. The second kappa shape index (κ2) is 7.91. The first-order valence-electron chi connectivity index (χ1n) is 8.54. The molecule has 2 aromatic carbocycles. The molecule has 1 heterocycles. The summed E-state index contributed by atoms with van der Waals surface area (Å²) < 4.78 is 46.1. The Morgan fingerprint density at radius 2 is 1.65 bits per heavy atom. The van der Waals surface area contributed by atoms with E-state index in [1.54, 1.807) is 17.0 Å². The lowest BCUT2D eigenvalue weighted by molar-refractivity contribution is -0.139. The second-order valence-electron chi connectivity index (χ2n) is 6.37. The van der Waals surface area contributed by atoms with Gasteiger partial charge >= 0.3 is 0 Å². The average molecular weight is 363 g/mol. The lowest BCUT2D eigenvalue weighted by Gasteiger charge is -2.39. The Morgan fingerprint density at radius 1 is 0.962 bits per heavy atom. The lowest BCUT2D eigenvalue weighted by Crippen LogP contribution is -2.41. The van der Waals surface area contributed by atoms with Crippen molar-refractivity contribution in [2.75, 3.05) is 13.7 Å². The predicted molar refractivity (Wildman–Crippen MR) is 90.8 cm³/mol. The topological polar surface area (TPSA) is 29.5 Å². The predicted octanol–water partition coefficient (Wildman–Crippen LogP) is 4.55. The Kier molecular flexibility index (Phi) is 5.61. The van der Waals surface area contributed by atoms with Gasteiger partial charge in [0.1, 0.15) is 11.9 Å². The SMILES string of the molecule is CO[C@@H](c1ccc(F)c(F)c1)C(c1ccc(F)cc1)N1CCCCC1=O. The smallest absolute Gasteiger partial charge is 0.223 e. The molecular weight excluding hydrogens is 343 g/mol. The normalized spacial score (nSPS) is 17.2. The summed E-state index contributed by atoms with van der Waals surface area (Å²) in [6.07, 6.45) is 1.37. The van der Waals surface area contributed by atoms with Gasteiger partial charge in [-0.3, -0.25) is 4.79 Å². The van der Waals surface area contributed by atoms with Crippen LogP contribution in [0.2, 0.25) is 0 Å². The highest BCUT2D eigenvalue weighted by Crippen LogP contribution is 2.38. The number of ether oxygens (including phenoxy) is 1. The van der Waals surface area contributed by atoms with Gasteiger partial charge in [-0.15, -0.1) is 0 Å². The monoisotopic (exact) mass is 363 g/mol. The first-order chi connectivity index (χ1) is 12.5. The fourth-order valence-electron chi connectivity index (χ4n) is 3.44. The fourth-order valence-corrected chi connectivity index (χ4v) is 3.44. The van der Waals surface area contributed by atoms with E-state index in [0.29, 0.717) is 24.1 Å². The maximum absolute atomic E-state index is 13.8. The molecule has 1 saturated heterocycles. The molecule has 1 aliphatic heterocycles. The molecule has 0 N–H and O–H groups in total. The maximum atomic E-state index is 13.8. The minimum atomic E-state index is -0.979. The van der Waals surface area contributed by atoms with E-state index in [-0.39, 0.29) is 11.7 Å². The number of benzene rings is 2. The van der Waals surface area contributed by atoms with Crippen LogP contribution in [0.25, 0.3) is 0 Å². The standard InChI is InChI=1S/C20H20F3NO2/c1-26-20(14-7-10-16(22)17(23)12-14)19(13-5-8-15(21)9-6-13)24-11-3-2-4-18(24)25/h5-10,12,19-20H,2-4,11H2,1H3/t19?,20-/m0/s1. The molecule has 1 fully saturated rings. The number of rotatable bonds is 5. The fraction of sp³-hybridized carbons (Fsp3) is 0.350. The summed E-state index contributed by atoms with van der Waals surface area (Å²) in [6, 6.07) is 8.81. The van der Waals surface area contributed by atoms with Crippen molar-refractivity contribution in [3.63, 3.8) is 0 Å². The molecule has 0 spiro atoms. The van der Waals surface area contributed by atoms with Gasteiger partial charge in [-0.05, 0) is 48.2 Å². The number of piperidine rings is 1. The number of carbonyl (C=O) groups is 1. The maximum Gasteiger partial charge on any atom is 0.223 e. The molecule has 0 bridgehead atoms. The molecule has 1 aliphatic rings. The van der Waals surface area contributed by atoms with E-state index >= 15 is 0 Å². The van der Waals surface area contributed by atoms with Crippen molar-refractivity contribution >= 4 is 5.91 Å². The molecular formula is C20H20F3NO2. The summed E-state index contributed by atoms with van der Waals surface area (Å²) in [5, 5.41) is 0. The first-order valence-corrected chi connectivity index (χ1v) is 8.54. The molecule has 0 saturated carbocycles. The first kappa shape index (κ1) is 18.5. The number of methoxy groups -OCH3 is 1. The minimum absolute atomic E-state index is 0.0322. The zero-order chi connectivity index (χ0) is 18.7. The van der Waals surface area contributed by atoms with Crippen molar-refractivity contribution in [2.45, 2.75) is 31.4 Å². The van der Waals surface area contributed by atoms with Gasteiger partial charge < -0.3 is 9.64 Å². The van der Waals surface area contributed by atoms with Gasteiger partial charge in [-0.25, -0.2) is 13.2 Å². The largest absolute Gasteiger partial charge is 0.374 e. The number of amides is 1. The molecule has 1 unspecified atom stereocenters. The number of nitrogens with zero attached hydrogens (tertiary/aromatic N) is 1. The van der Waals surface area contributed by atoms with Crippen LogP contribution in [0.3, 0.4) is 0 Å². The highest BCUT2D eigenvalue weighted by Gasteiger charge is 2.35. The number of hydrogen-bond acceptors (Lipinski definition) is 2. The Morgan fingerprint density at radius 3 is 2.27 bits per heavy atom. The van der Waals surface area contributed by atoms with Crippen molar-refractivity contribution in [3.8, 4) is 0 Å². The summed E-state index contributed by atoms with van der Waals surface area (Å²) in [7, 11) is 1.46. The molecule has 2 aromatic rings. The molecule has 6 heteroatoms. The van der Waals surface area contributed by atoms with Gasteiger partial charge in [-0.1, -0.05) is 18.2 Å². The van der Waals surface area contributed by atoms with Gasteiger partial charge in [0.15, 0.2) is 11.6 Å². The van der Waals surface area contributed by atoms with Crippen LogP contribution in [0.15, 0.2) is 42.5 Å². The summed E-state index contributed by atoms with van der Waals surface area (Å²) >= 11 is 0. The quantitative estimate of drug-likeness (QED) is 0.780. The number of likely N-dealkylation sites (tertiary alicyclic amines) is 1. The third kappa shape index (κ3) is 3.75.